The van der Waals surface area contributed by atoms with E-state index in [0.717, 1.165) is 17.6 Å². The second kappa shape index (κ2) is 4.76. The molecule has 1 fully saturated rings. The lowest BCUT2D eigenvalue weighted by molar-refractivity contribution is -0.117. The number of benzene rings is 1. The fourth-order valence-corrected chi connectivity index (χ4v) is 1.64. The van der Waals surface area contributed by atoms with Gasteiger partial charge in [-0.3, -0.25) is 9.59 Å². The number of halogens is 1. The highest BCUT2D eigenvalue weighted by Gasteiger charge is 2.23. The largest absolute Gasteiger partial charge is 0.344 e. The van der Waals surface area contributed by atoms with E-state index < -0.39 is 11.7 Å². The zero-order valence-electron chi connectivity index (χ0n) is 8.50. The van der Waals surface area contributed by atoms with Crippen LogP contribution < -0.4 is 10.6 Å². The van der Waals surface area contributed by atoms with Crippen molar-refractivity contribution in [2.24, 2.45) is 0 Å². The van der Waals surface area contributed by atoms with Gasteiger partial charge in [-0.2, -0.15) is 0 Å². The SMILES string of the molecule is O=C(NC1CNC1)C(=O)c1ccc(Br)cc1. The number of Topliss-reactive ketones (excluding diaryl/α,β-unsaturated/α-hetero) is 1. The molecule has 4 nitrogen and oxygen atoms in total. The van der Waals surface area contributed by atoms with Crippen molar-refractivity contribution in [2.75, 3.05) is 13.1 Å². The van der Waals surface area contributed by atoms with Crippen LogP contribution in [-0.2, 0) is 4.79 Å². The van der Waals surface area contributed by atoms with Crippen molar-refractivity contribution in [3.8, 4) is 0 Å². The molecule has 1 aliphatic heterocycles. The predicted octanol–water partition coefficient (Wildman–Crippen LogP) is 0.720. The van der Waals surface area contributed by atoms with Crippen molar-refractivity contribution in [1.82, 2.24) is 10.6 Å². The highest BCUT2D eigenvalue weighted by molar-refractivity contribution is 9.10. The van der Waals surface area contributed by atoms with Gasteiger partial charge in [0, 0.05) is 23.1 Å². The van der Waals surface area contributed by atoms with Gasteiger partial charge in [-0.1, -0.05) is 15.9 Å². The van der Waals surface area contributed by atoms with Gasteiger partial charge in [-0.15, -0.1) is 0 Å². The summed E-state index contributed by atoms with van der Waals surface area (Å²) in [5, 5.41) is 5.69. The monoisotopic (exact) mass is 282 g/mol. The fraction of sp³-hybridized carbons (Fsp3) is 0.273. The Morgan fingerprint density at radius 2 is 1.88 bits per heavy atom. The van der Waals surface area contributed by atoms with Gasteiger partial charge in [0.15, 0.2) is 0 Å². The van der Waals surface area contributed by atoms with Crippen LogP contribution in [0.2, 0.25) is 0 Å². The highest BCUT2D eigenvalue weighted by atomic mass is 79.9. The van der Waals surface area contributed by atoms with Gasteiger partial charge in [0.2, 0.25) is 5.78 Å². The lowest BCUT2D eigenvalue weighted by atomic mass is 10.1. The molecule has 2 rings (SSSR count). The number of nitrogens with one attached hydrogen (secondary N) is 2. The molecule has 1 aromatic carbocycles. The van der Waals surface area contributed by atoms with Gasteiger partial charge in [0.25, 0.3) is 5.91 Å². The molecule has 0 bridgehead atoms. The maximum Gasteiger partial charge on any atom is 0.292 e. The molecule has 0 saturated carbocycles. The van der Waals surface area contributed by atoms with Crippen LogP contribution in [0.25, 0.3) is 0 Å². The second-order valence-electron chi connectivity index (χ2n) is 3.66. The van der Waals surface area contributed by atoms with E-state index in [0.29, 0.717) is 5.56 Å². The van der Waals surface area contributed by atoms with Crippen molar-refractivity contribution in [2.45, 2.75) is 6.04 Å². The van der Waals surface area contributed by atoms with Crippen LogP contribution in [0.15, 0.2) is 28.7 Å². The summed E-state index contributed by atoms with van der Waals surface area (Å²) >= 11 is 3.27. The third kappa shape index (κ3) is 2.48. The molecule has 1 heterocycles. The quantitative estimate of drug-likeness (QED) is 0.635. The van der Waals surface area contributed by atoms with E-state index in [2.05, 4.69) is 26.6 Å². The molecule has 0 unspecified atom stereocenters. The molecule has 84 valence electrons. The first-order chi connectivity index (χ1) is 7.66. The average Bonchev–Trinajstić information content (AvgIpc) is 2.23. The molecule has 0 spiro atoms. The van der Waals surface area contributed by atoms with Crippen molar-refractivity contribution in [3.05, 3.63) is 34.3 Å². The Hall–Kier alpha value is -1.20. The molecule has 0 atom stereocenters. The first-order valence-electron chi connectivity index (χ1n) is 4.98. The third-order valence-corrected chi connectivity index (χ3v) is 2.96. The number of hydrogen-bond donors (Lipinski definition) is 2. The molecule has 5 heteroatoms. The van der Waals surface area contributed by atoms with Crippen molar-refractivity contribution >= 4 is 27.6 Å². The molecule has 1 amide bonds. The molecule has 1 aliphatic rings. The number of carbonyl (C=O) groups excluding carboxylic acids is 2. The maximum absolute atomic E-state index is 11.7. The van der Waals surface area contributed by atoms with Crippen LogP contribution in [0.3, 0.4) is 0 Å². The van der Waals surface area contributed by atoms with Crippen molar-refractivity contribution < 1.29 is 9.59 Å². The van der Waals surface area contributed by atoms with E-state index >= 15 is 0 Å². The Labute approximate surface area is 102 Å². The average molecular weight is 283 g/mol. The summed E-state index contributed by atoms with van der Waals surface area (Å²) in [5.74, 6) is -1.02. The number of amides is 1. The zero-order valence-corrected chi connectivity index (χ0v) is 10.1. The van der Waals surface area contributed by atoms with E-state index in [1.807, 2.05) is 0 Å². The van der Waals surface area contributed by atoms with Gasteiger partial charge in [0.1, 0.15) is 0 Å². The smallest absolute Gasteiger partial charge is 0.292 e. The zero-order chi connectivity index (χ0) is 11.5. The maximum atomic E-state index is 11.7. The molecule has 0 radical (unpaired) electrons. The Balaban J connectivity index is 2.00. The predicted molar refractivity (Wildman–Crippen MR) is 63.3 cm³/mol. The minimum absolute atomic E-state index is 0.0897. The van der Waals surface area contributed by atoms with Gasteiger partial charge in [-0.05, 0) is 24.3 Å². The van der Waals surface area contributed by atoms with Crippen LogP contribution in [-0.4, -0.2) is 30.8 Å². The second-order valence-corrected chi connectivity index (χ2v) is 4.58. The summed E-state index contributed by atoms with van der Waals surface area (Å²) in [5.41, 5.74) is 0.410. The Kier molecular flexibility index (Phi) is 3.36. The summed E-state index contributed by atoms with van der Waals surface area (Å²) in [6.45, 7) is 1.47. The normalized spacial score (nSPS) is 15.3. The van der Waals surface area contributed by atoms with Crippen LogP contribution in [0.1, 0.15) is 10.4 Å². The molecule has 0 aromatic heterocycles. The summed E-state index contributed by atoms with van der Waals surface area (Å²) in [6, 6.07) is 6.83. The lowest BCUT2D eigenvalue weighted by Gasteiger charge is -2.27. The highest BCUT2D eigenvalue weighted by Crippen LogP contribution is 2.11. The van der Waals surface area contributed by atoms with E-state index in [1.54, 1.807) is 24.3 Å². The van der Waals surface area contributed by atoms with Crippen LogP contribution in [0.5, 0.6) is 0 Å². The van der Waals surface area contributed by atoms with Crippen LogP contribution >= 0.6 is 15.9 Å². The van der Waals surface area contributed by atoms with E-state index in [1.165, 1.54) is 0 Å². The number of rotatable bonds is 3. The van der Waals surface area contributed by atoms with E-state index in [-0.39, 0.29) is 6.04 Å². The van der Waals surface area contributed by atoms with Gasteiger partial charge >= 0.3 is 0 Å². The molecule has 0 aliphatic carbocycles. The minimum atomic E-state index is -0.533. The van der Waals surface area contributed by atoms with Gasteiger partial charge < -0.3 is 10.6 Å². The number of hydrogen-bond acceptors (Lipinski definition) is 3. The topological polar surface area (TPSA) is 58.2 Å². The van der Waals surface area contributed by atoms with Gasteiger partial charge in [-0.25, -0.2) is 0 Å². The molecule has 16 heavy (non-hydrogen) atoms. The standard InChI is InChI=1S/C11H11BrN2O2/c12-8-3-1-7(2-4-8)10(15)11(16)14-9-5-13-6-9/h1-4,9,13H,5-6H2,(H,14,16). The van der Waals surface area contributed by atoms with Gasteiger partial charge in [0.05, 0.1) is 6.04 Å². The van der Waals surface area contributed by atoms with E-state index in [9.17, 15) is 9.59 Å². The Morgan fingerprint density at radius 3 is 2.38 bits per heavy atom. The Bertz CT molecular complexity index is 412. The first-order valence-corrected chi connectivity index (χ1v) is 5.77. The van der Waals surface area contributed by atoms with Crippen molar-refractivity contribution in [1.29, 1.82) is 0 Å². The summed E-state index contributed by atoms with van der Waals surface area (Å²) in [4.78, 5) is 23.2. The van der Waals surface area contributed by atoms with Crippen LogP contribution in [0.4, 0.5) is 0 Å². The number of ketones is 1. The molecule has 1 saturated heterocycles. The van der Waals surface area contributed by atoms with Crippen molar-refractivity contribution in [3.63, 3.8) is 0 Å². The third-order valence-electron chi connectivity index (χ3n) is 2.43. The summed E-state index contributed by atoms with van der Waals surface area (Å²) in [6.07, 6.45) is 0. The number of carbonyl (C=O) groups is 2. The lowest BCUT2D eigenvalue weighted by Crippen LogP contribution is -2.58. The van der Waals surface area contributed by atoms with Crippen LogP contribution in [0, 0.1) is 0 Å². The Morgan fingerprint density at radius 1 is 1.25 bits per heavy atom. The first kappa shape index (κ1) is 11.3. The fourth-order valence-electron chi connectivity index (χ4n) is 1.37. The summed E-state index contributed by atoms with van der Waals surface area (Å²) in [7, 11) is 0. The summed E-state index contributed by atoms with van der Waals surface area (Å²) < 4.78 is 0.882. The molecule has 2 N–H and O–H groups in total. The minimum Gasteiger partial charge on any atom is -0.344 e. The molecular formula is C11H11BrN2O2. The molecular weight excluding hydrogens is 272 g/mol. The molecule has 1 aromatic rings. The van der Waals surface area contributed by atoms with E-state index in [4.69, 9.17) is 0 Å².